The Kier molecular flexibility index (Phi) is 2.25. The Hall–Kier alpha value is -0.870. The van der Waals surface area contributed by atoms with Crippen LogP contribution >= 0.6 is 11.3 Å². The number of thiophene rings is 1. The van der Waals surface area contributed by atoms with Gasteiger partial charge in [-0.15, -0.1) is 11.3 Å². The van der Waals surface area contributed by atoms with Crippen LogP contribution < -0.4 is 5.32 Å². The van der Waals surface area contributed by atoms with Crippen molar-refractivity contribution in [3.8, 4) is 0 Å². The van der Waals surface area contributed by atoms with E-state index >= 15 is 0 Å². The molecular formula is C11H13NO2S. The summed E-state index contributed by atoms with van der Waals surface area (Å²) < 4.78 is 5.69. The van der Waals surface area contributed by atoms with Crippen molar-refractivity contribution in [3.05, 3.63) is 22.4 Å². The molecular weight excluding hydrogens is 210 g/mol. The summed E-state index contributed by atoms with van der Waals surface area (Å²) in [6.45, 7) is 0. The lowest BCUT2D eigenvalue weighted by atomic mass is 9.95. The summed E-state index contributed by atoms with van der Waals surface area (Å²) in [6.07, 6.45) is 3.90. The molecule has 2 aliphatic heterocycles. The number of rotatable bonds is 2. The Labute approximate surface area is 92.4 Å². The van der Waals surface area contributed by atoms with E-state index in [0.29, 0.717) is 6.10 Å². The third-order valence-corrected chi connectivity index (χ3v) is 4.04. The Balaban J connectivity index is 1.64. The van der Waals surface area contributed by atoms with E-state index in [2.05, 4.69) is 5.32 Å². The van der Waals surface area contributed by atoms with E-state index in [4.69, 9.17) is 4.74 Å². The number of carbonyl (C=O) groups is 1. The highest BCUT2D eigenvalue weighted by Gasteiger charge is 2.41. The first kappa shape index (κ1) is 9.36. The molecule has 0 spiro atoms. The number of amides is 1. The first-order valence-corrected chi connectivity index (χ1v) is 6.21. The number of hydrogen-bond acceptors (Lipinski definition) is 3. The molecule has 1 aromatic heterocycles. The molecule has 0 radical (unpaired) electrons. The van der Waals surface area contributed by atoms with E-state index in [-0.39, 0.29) is 18.1 Å². The molecule has 1 N–H and O–H groups in total. The van der Waals surface area contributed by atoms with E-state index in [1.807, 2.05) is 17.5 Å². The fourth-order valence-electron chi connectivity index (χ4n) is 2.44. The van der Waals surface area contributed by atoms with Gasteiger partial charge in [0.05, 0.1) is 23.1 Å². The molecule has 2 saturated heterocycles. The van der Waals surface area contributed by atoms with Gasteiger partial charge in [-0.1, -0.05) is 6.07 Å². The quantitative estimate of drug-likeness (QED) is 0.830. The summed E-state index contributed by atoms with van der Waals surface area (Å²) in [7, 11) is 0. The van der Waals surface area contributed by atoms with Crippen LogP contribution in [0.25, 0.3) is 0 Å². The third-order valence-electron chi connectivity index (χ3n) is 3.17. The molecule has 2 fully saturated rings. The van der Waals surface area contributed by atoms with Gasteiger partial charge >= 0.3 is 0 Å². The molecule has 80 valence electrons. The zero-order valence-corrected chi connectivity index (χ0v) is 9.13. The second-order valence-electron chi connectivity index (χ2n) is 4.17. The summed E-state index contributed by atoms with van der Waals surface area (Å²) >= 11 is 1.48. The van der Waals surface area contributed by atoms with Gasteiger partial charge in [-0.2, -0.15) is 0 Å². The average Bonchev–Trinajstić information content (AvgIpc) is 2.95. The predicted octanol–water partition coefficient (Wildman–Crippen LogP) is 1.80. The fourth-order valence-corrected chi connectivity index (χ4v) is 3.06. The largest absolute Gasteiger partial charge is 0.373 e. The number of carbonyl (C=O) groups excluding carboxylic acids is 1. The van der Waals surface area contributed by atoms with Crippen molar-refractivity contribution in [1.82, 2.24) is 5.32 Å². The molecule has 3 heterocycles. The maximum absolute atomic E-state index is 11.8. The summed E-state index contributed by atoms with van der Waals surface area (Å²) in [4.78, 5) is 12.6. The van der Waals surface area contributed by atoms with E-state index in [1.54, 1.807) is 0 Å². The Morgan fingerprint density at radius 1 is 1.53 bits per heavy atom. The lowest BCUT2D eigenvalue weighted by molar-refractivity contribution is 0.0843. The smallest absolute Gasteiger partial charge is 0.261 e. The third kappa shape index (κ3) is 1.68. The molecule has 3 rings (SSSR count). The lowest BCUT2D eigenvalue weighted by Gasteiger charge is -2.19. The molecule has 0 aliphatic carbocycles. The van der Waals surface area contributed by atoms with Gasteiger partial charge < -0.3 is 10.1 Å². The monoisotopic (exact) mass is 223 g/mol. The van der Waals surface area contributed by atoms with E-state index < -0.39 is 0 Å². The number of fused-ring (bicyclic) bond motifs is 2. The van der Waals surface area contributed by atoms with Gasteiger partial charge in [-0.05, 0) is 30.7 Å². The minimum Gasteiger partial charge on any atom is -0.373 e. The van der Waals surface area contributed by atoms with Crippen molar-refractivity contribution >= 4 is 17.2 Å². The molecule has 1 aromatic rings. The second kappa shape index (κ2) is 3.61. The molecule has 1 amide bonds. The van der Waals surface area contributed by atoms with E-state index in [1.165, 1.54) is 11.3 Å². The van der Waals surface area contributed by atoms with Crippen LogP contribution in [0.15, 0.2) is 17.5 Å². The van der Waals surface area contributed by atoms with Crippen molar-refractivity contribution < 1.29 is 9.53 Å². The summed E-state index contributed by atoms with van der Waals surface area (Å²) in [6, 6.07) is 3.99. The van der Waals surface area contributed by atoms with Crippen LogP contribution in [-0.4, -0.2) is 24.2 Å². The molecule has 3 unspecified atom stereocenters. The maximum atomic E-state index is 11.8. The van der Waals surface area contributed by atoms with Crippen LogP contribution in [-0.2, 0) is 4.74 Å². The second-order valence-corrected chi connectivity index (χ2v) is 5.11. The zero-order valence-electron chi connectivity index (χ0n) is 8.31. The SMILES string of the molecule is O=C(NC1CC2CCC1O2)c1cccs1. The van der Waals surface area contributed by atoms with Crippen LogP contribution in [0.4, 0.5) is 0 Å². The molecule has 2 bridgehead atoms. The minimum absolute atomic E-state index is 0.0474. The van der Waals surface area contributed by atoms with Crippen molar-refractivity contribution in [2.75, 3.05) is 0 Å². The molecule has 15 heavy (non-hydrogen) atoms. The summed E-state index contributed by atoms with van der Waals surface area (Å²) in [5, 5.41) is 4.98. The van der Waals surface area contributed by atoms with Gasteiger partial charge in [-0.3, -0.25) is 4.79 Å². The predicted molar refractivity (Wildman–Crippen MR) is 58.1 cm³/mol. The summed E-state index contributed by atoms with van der Waals surface area (Å²) in [5.41, 5.74) is 0. The molecule has 4 heteroatoms. The van der Waals surface area contributed by atoms with Gasteiger partial charge in [0.15, 0.2) is 0 Å². The van der Waals surface area contributed by atoms with Gasteiger partial charge in [0, 0.05) is 0 Å². The Bertz CT molecular complexity index is 363. The van der Waals surface area contributed by atoms with Crippen molar-refractivity contribution in [2.24, 2.45) is 0 Å². The number of ether oxygens (including phenoxy) is 1. The topological polar surface area (TPSA) is 38.3 Å². The summed E-state index contributed by atoms with van der Waals surface area (Å²) in [5.74, 6) is 0.0474. The molecule has 3 atom stereocenters. The highest BCUT2D eigenvalue weighted by atomic mass is 32.1. The average molecular weight is 223 g/mol. The molecule has 0 saturated carbocycles. The highest BCUT2D eigenvalue weighted by molar-refractivity contribution is 7.12. The Morgan fingerprint density at radius 2 is 2.47 bits per heavy atom. The standard InChI is InChI=1S/C11H13NO2S/c13-11(10-2-1-5-15-10)12-8-6-7-3-4-9(8)14-7/h1-2,5,7-9H,3-4,6H2,(H,12,13). The van der Waals surface area contributed by atoms with Gasteiger partial charge in [0.1, 0.15) is 0 Å². The van der Waals surface area contributed by atoms with Crippen LogP contribution in [0.1, 0.15) is 28.9 Å². The molecule has 0 aromatic carbocycles. The number of hydrogen-bond donors (Lipinski definition) is 1. The van der Waals surface area contributed by atoms with Crippen LogP contribution in [0, 0.1) is 0 Å². The molecule has 2 aliphatic rings. The van der Waals surface area contributed by atoms with E-state index in [9.17, 15) is 4.79 Å². The van der Waals surface area contributed by atoms with Crippen LogP contribution in [0.5, 0.6) is 0 Å². The Morgan fingerprint density at radius 3 is 3.07 bits per heavy atom. The fraction of sp³-hybridized carbons (Fsp3) is 0.545. The van der Waals surface area contributed by atoms with Gasteiger partial charge in [0.2, 0.25) is 0 Å². The van der Waals surface area contributed by atoms with Crippen molar-refractivity contribution in [2.45, 2.75) is 37.5 Å². The minimum atomic E-state index is 0.0474. The van der Waals surface area contributed by atoms with Gasteiger partial charge in [-0.25, -0.2) is 0 Å². The van der Waals surface area contributed by atoms with Crippen molar-refractivity contribution in [3.63, 3.8) is 0 Å². The number of nitrogens with one attached hydrogen (secondary N) is 1. The van der Waals surface area contributed by atoms with Gasteiger partial charge in [0.25, 0.3) is 5.91 Å². The lowest BCUT2D eigenvalue weighted by Crippen LogP contribution is -2.41. The van der Waals surface area contributed by atoms with Crippen molar-refractivity contribution in [1.29, 1.82) is 0 Å². The van der Waals surface area contributed by atoms with Crippen LogP contribution in [0.2, 0.25) is 0 Å². The highest BCUT2D eigenvalue weighted by Crippen LogP contribution is 2.34. The molecule has 3 nitrogen and oxygen atoms in total. The zero-order chi connectivity index (χ0) is 10.3. The van der Waals surface area contributed by atoms with Crippen LogP contribution in [0.3, 0.4) is 0 Å². The van der Waals surface area contributed by atoms with E-state index in [0.717, 1.165) is 24.1 Å². The first-order valence-electron chi connectivity index (χ1n) is 5.33. The first-order chi connectivity index (χ1) is 7.33. The normalized spacial score (nSPS) is 33.2. The maximum Gasteiger partial charge on any atom is 0.261 e.